The molecule has 0 aliphatic rings. The molecule has 0 unspecified atom stereocenters. The molecule has 2 aromatic rings. The molecular formula is C17H23BrN2O. The van der Waals surface area contributed by atoms with Gasteiger partial charge in [-0.15, -0.1) is 0 Å². The molecule has 1 aromatic heterocycles. The lowest BCUT2D eigenvalue weighted by Crippen LogP contribution is -2.17. The molecule has 1 heterocycles. The van der Waals surface area contributed by atoms with Crippen molar-refractivity contribution in [1.82, 2.24) is 10.2 Å². The van der Waals surface area contributed by atoms with Crippen LogP contribution in [0.4, 0.5) is 0 Å². The van der Waals surface area contributed by atoms with Crippen LogP contribution in [0.1, 0.15) is 29.6 Å². The number of hydrogen-bond donors (Lipinski definition) is 1. The summed E-state index contributed by atoms with van der Waals surface area (Å²) in [6.07, 6.45) is 0. The van der Waals surface area contributed by atoms with Crippen molar-refractivity contribution in [2.45, 2.75) is 33.5 Å². The van der Waals surface area contributed by atoms with Crippen molar-refractivity contribution in [1.29, 1.82) is 0 Å². The van der Waals surface area contributed by atoms with Crippen LogP contribution in [0.5, 0.6) is 0 Å². The smallest absolute Gasteiger partial charge is 0.118 e. The zero-order chi connectivity index (χ0) is 15.2. The van der Waals surface area contributed by atoms with E-state index in [9.17, 15) is 0 Å². The molecule has 0 atom stereocenters. The minimum Gasteiger partial charge on any atom is -0.465 e. The zero-order valence-corrected chi connectivity index (χ0v) is 14.5. The van der Waals surface area contributed by atoms with Gasteiger partial charge < -0.3 is 9.73 Å². The molecule has 0 bridgehead atoms. The summed E-state index contributed by atoms with van der Waals surface area (Å²) in [6.45, 7) is 7.73. The highest BCUT2D eigenvalue weighted by Crippen LogP contribution is 2.18. The van der Waals surface area contributed by atoms with E-state index in [1.54, 1.807) is 0 Å². The Balaban J connectivity index is 1.94. The Bertz CT molecular complexity index is 563. The summed E-state index contributed by atoms with van der Waals surface area (Å²) in [4.78, 5) is 2.30. The lowest BCUT2D eigenvalue weighted by atomic mass is 10.2. The fraction of sp³-hybridized carbons (Fsp3) is 0.412. The molecule has 0 saturated carbocycles. The van der Waals surface area contributed by atoms with E-state index < -0.39 is 0 Å². The van der Waals surface area contributed by atoms with Gasteiger partial charge in [0.2, 0.25) is 0 Å². The van der Waals surface area contributed by atoms with Crippen LogP contribution in [0.25, 0.3) is 0 Å². The summed E-state index contributed by atoms with van der Waals surface area (Å²) < 4.78 is 6.91. The average molecular weight is 351 g/mol. The Kier molecular flexibility index (Phi) is 6.03. The molecule has 0 amide bonds. The van der Waals surface area contributed by atoms with Gasteiger partial charge in [0, 0.05) is 23.1 Å². The van der Waals surface area contributed by atoms with Gasteiger partial charge in [0.1, 0.15) is 11.5 Å². The number of nitrogens with one attached hydrogen (secondary N) is 1. The molecule has 0 fully saturated rings. The molecule has 3 nitrogen and oxygen atoms in total. The largest absolute Gasteiger partial charge is 0.465 e. The van der Waals surface area contributed by atoms with E-state index in [-0.39, 0.29) is 0 Å². The van der Waals surface area contributed by atoms with Crippen LogP contribution in [0.15, 0.2) is 39.2 Å². The molecule has 0 aliphatic heterocycles. The molecule has 114 valence electrons. The monoisotopic (exact) mass is 350 g/mol. The van der Waals surface area contributed by atoms with Crippen molar-refractivity contribution in [2.24, 2.45) is 0 Å². The van der Waals surface area contributed by atoms with Crippen LogP contribution in [0.3, 0.4) is 0 Å². The molecule has 4 heteroatoms. The Hall–Kier alpha value is -1.10. The Morgan fingerprint density at radius 1 is 1.19 bits per heavy atom. The minimum atomic E-state index is 0.799. The maximum absolute atomic E-state index is 5.79. The predicted octanol–water partition coefficient (Wildman–Crippen LogP) is 4.09. The standard InChI is InChI=1S/C17H23BrN2O/c1-4-19-10-17-9-15(13(2)21-17)12-20(3)11-14-5-7-16(18)8-6-14/h5-9,19H,4,10-12H2,1-3H3. The van der Waals surface area contributed by atoms with Crippen molar-refractivity contribution in [3.8, 4) is 0 Å². The van der Waals surface area contributed by atoms with Crippen molar-refractivity contribution in [2.75, 3.05) is 13.6 Å². The van der Waals surface area contributed by atoms with Crippen LogP contribution < -0.4 is 5.32 Å². The predicted molar refractivity (Wildman–Crippen MR) is 90.1 cm³/mol. The van der Waals surface area contributed by atoms with Gasteiger partial charge in [-0.25, -0.2) is 0 Å². The summed E-state index contributed by atoms with van der Waals surface area (Å²) in [7, 11) is 2.14. The van der Waals surface area contributed by atoms with Crippen molar-refractivity contribution >= 4 is 15.9 Å². The van der Waals surface area contributed by atoms with E-state index in [1.165, 1.54) is 11.1 Å². The van der Waals surface area contributed by atoms with E-state index in [2.05, 4.69) is 70.4 Å². The topological polar surface area (TPSA) is 28.4 Å². The molecule has 0 spiro atoms. The van der Waals surface area contributed by atoms with E-state index in [1.807, 2.05) is 6.92 Å². The van der Waals surface area contributed by atoms with Gasteiger partial charge in [-0.05, 0) is 44.3 Å². The highest BCUT2D eigenvalue weighted by Gasteiger charge is 2.10. The van der Waals surface area contributed by atoms with Gasteiger partial charge in [-0.3, -0.25) is 4.90 Å². The third-order valence-electron chi connectivity index (χ3n) is 3.43. The number of hydrogen-bond acceptors (Lipinski definition) is 3. The summed E-state index contributed by atoms with van der Waals surface area (Å²) >= 11 is 3.47. The van der Waals surface area contributed by atoms with Crippen molar-refractivity contribution < 1.29 is 4.42 Å². The number of benzene rings is 1. The normalized spacial score (nSPS) is 11.3. The van der Waals surface area contributed by atoms with E-state index >= 15 is 0 Å². The molecule has 2 rings (SSSR count). The van der Waals surface area contributed by atoms with Crippen LogP contribution in [0.2, 0.25) is 0 Å². The van der Waals surface area contributed by atoms with Gasteiger partial charge in [0.15, 0.2) is 0 Å². The molecule has 21 heavy (non-hydrogen) atoms. The van der Waals surface area contributed by atoms with Crippen LogP contribution >= 0.6 is 15.9 Å². The second-order valence-electron chi connectivity index (χ2n) is 5.37. The maximum Gasteiger partial charge on any atom is 0.118 e. The number of rotatable bonds is 7. The fourth-order valence-corrected chi connectivity index (χ4v) is 2.59. The van der Waals surface area contributed by atoms with E-state index in [0.29, 0.717) is 0 Å². The SMILES string of the molecule is CCNCc1cc(CN(C)Cc2ccc(Br)cc2)c(C)o1. The first-order valence-corrected chi connectivity index (χ1v) is 8.09. The minimum absolute atomic E-state index is 0.799. The average Bonchev–Trinajstić information content (AvgIpc) is 2.79. The third-order valence-corrected chi connectivity index (χ3v) is 3.96. The number of nitrogens with zero attached hydrogens (tertiary/aromatic N) is 1. The summed E-state index contributed by atoms with van der Waals surface area (Å²) in [5.74, 6) is 2.03. The zero-order valence-electron chi connectivity index (χ0n) is 12.9. The van der Waals surface area contributed by atoms with Gasteiger partial charge >= 0.3 is 0 Å². The highest BCUT2D eigenvalue weighted by molar-refractivity contribution is 9.10. The van der Waals surface area contributed by atoms with Gasteiger partial charge in [0.05, 0.1) is 6.54 Å². The van der Waals surface area contributed by atoms with Gasteiger partial charge in [0.25, 0.3) is 0 Å². The second-order valence-corrected chi connectivity index (χ2v) is 6.29. The molecule has 0 saturated heterocycles. The lowest BCUT2D eigenvalue weighted by molar-refractivity contribution is 0.316. The molecule has 0 aliphatic carbocycles. The van der Waals surface area contributed by atoms with Crippen LogP contribution in [-0.4, -0.2) is 18.5 Å². The Morgan fingerprint density at radius 2 is 1.90 bits per heavy atom. The Labute approximate surface area is 135 Å². The van der Waals surface area contributed by atoms with E-state index in [0.717, 1.165) is 42.2 Å². The molecule has 1 aromatic carbocycles. The summed E-state index contributed by atoms with van der Waals surface area (Å²) in [6, 6.07) is 10.6. The third kappa shape index (κ3) is 4.99. The number of furan rings is 1. The molecule has 0 radical (unpaired) electrons. The highest BCUT2D eigenvalue weighted by atomic mass is 79.9. The first-order valence-electron chi connectivity index (χ1n) is 7.30. The quantitative estimate of drug-likeness (QED) is 0.814. The van der Waals surface area contributed by atoms with Gasteiger partial charge in [-0.2, -0.15) is 0 Å². The second kappa shape index (κ2) is 7.78. The van der Waals surface area contributed by atoms with Crippen molar-refractivity contribution in [3.05, 3.63) is 57.5 Å². The van der Waals surface area contributed by atoms with Crippen LogP contribution in [0, 0.1) is 6.92 Å². The molecular weight excluding hydrogens is 328 g/mol. The molecule has 1 N–H and O–H groups in total. The summed E-state index contributed by atoms with van der Waals surface area (Å²) in [5, 5.41) is 3.29. The van der Waals surface area contributed by atoms with Gasteiger partial charge in [-0.1, -0.05) is 35.0 Å². The van der Waals surface area contributed by atoms with E-state index in [4.69, 9.17) is 4.42 Å². The first kappa shape index (κ1) is 16.3. The maximum atomic E-state index is 5.79. The lowest BCUT2D eigenvalue weighted by Gasteiger charge is -2.16. The number of aryl methyl sites for hydroxylation is 1. The number of halogens is 1. The fourth-order valence-electron chi connectivity index (χ4n) is 2.33. The van der Waals surface area contributed by atoms with Crippen molar-refractivity contribution in [3.63, 3.8) is 0 Å². The summed E-state index contributed by atoms with van der Waals surface area (Å²) in [5.41, 5.74) is 2.58. The Morgan fingerprint density at radius 3 is 2.57 bits per heavy atom. The van der Waals surface area contributed by atoms with Crippen LogP contribution in [-0.2, 0) is 19.6 Å². The first-order chi connectivity index (χ1) is 10.1.